The van der Waals surface area contributed by atoms with Crippen LogP contribution in [-0.4, -0.2) is 53.2 Å². The van der Waals surface area contributed by atoms with Gasteiger partial charge in [-0.15, -0.1) is 45.5 Å². The van der Waals surface area contributed by atoms with E-state index in [0.717, 1.165) is 56.6 Å². The normalized spacial score (nSPS) is 16.6. The van der Waals surface area contributed by atoms with Crippen molar-refractivity contribution in [2.45, 2.75) is 45.4 Å². The van der Waals surface area contributed by atoms with E-state index in [4.69, 9.17) is 9.47 Å². The van der Waals surface area contributed by atoms with Crippen LogP contribution in [-0.2, 0) is 29.6 Å². The summed E-state index contributed by atoms with van der Waals surface area (Å²) in [4.78, 5) is 5.93. The average molecular weight is 534 g/mol. The second kappa shape index (κ2) is 13.1. The summed E-state index contributed by atoms with van der Waals surface area (Å²) in [6.45, 7) is 6.24. The smallest absolute Gasteiger partial charge is 0.192 e. The molecule has 1 unspecified atom stereocenters. The van der Waals surface area contributed by atoms with E-state index in [2.05, 4.69) is 43.3 Å². The van der Waals surface area contributed by atoms with Crippen molar-refractivity contribution in [2.24, 2.45) is 12.0 Å². The summed E-state index contributed by atoms with van der Waals surface area (Å²) in [6.07, 6.45) is 3.46. The van der Waals surface area contributed by atoms with Crippen molar-refractivity contribution in [3.05, 3.63) is 34.0 Å². The summed E-state index contributed by atoms with van der Waals surface area (Å²) < 4.78 is 13.2. The Morgan fingerprint density at radius 2 is 2.31 bits per heavy atom. The lowest BCUT2D eigenvalue weighted by molar-refractivity contribution is 0.0168. The zero-order valence-corrected chi connectivity index (χ0v) is 20.2. The Morgan fingerprint density at radius 3 is 3.00 bits per heavy atom. The van der Waals surface area contributed by atoms with Gasteiger partial charge in [-0.05, 0) is 37.6 Å². The van der Waals surface area contributed by atoms with E-state index < -0.39 is 0 Å². The van der Waals surface area contributed by atoms with Crippen LogP contribution >= 0.6 is 35.3 Å². The third kappa shape index (κ3) is 8.19. The minimum Gasteiger partial charge on any atom is -0.379 e. The van der Waals surface area contributed by atoms with Gasteiger partial charge in [0.15, 0.2) is 11.8 Å². The molecule has 0 spiro atoms. The molecule has 2 aromatic heterocycles. The van der Waals surface area contributed by atoms with Crippen LogP contribution in [0.5, 0.6) is 0 Å². The largest absolute Gasteiger partial charge is 0.379 e. The highest BCUT2D eigenvalue weighted by atomic mass is 127. The number of aryl methyl sites for hydroxylation is 1. The second-order valence-corrected chi connectivity index (χ2v) is 7.84. The predicted molar refractivity (Wildman–Crippen MR) is 126 cm³/mol. The number of aromatic nitrogens is 3. The fourth-order valence-corrected chi connectivity index (χ4v) is 3.51. The molecule has 0 saturated carbocycles. The third-order valence-electron chi connectivity index (χ3n) is 4.66. The molecule has 0 aliphatic carbocycles. The molecule has 0 bridgehead atoms. The Morgan fingerprint density at radius 1 is 1.41 bits per heavy atom. The number of ether oxygens (including phenoxy) is 2. The molecule has 2 aromatic rings. The van der Waals surface area contributed by atoms with Gasteiger partial charge in [-0.25, -0.2) is 4.99 Å². The number of guanidine groups is 1. The van der Waals surface area contributed by atoms with Crippen molar-refractivity contribution in [2.75, 3.05) is 26.4 Å². The van der Waals surface area contributed by atoms with Gasteiger partial charge in [-0.3, -0.25) is 0 Å². The number of rotatable bonds is 10. The van der Waals surface area contributed by atoms with Crippen LogP contribution in [0.3, 0.4) is 0 Å². The van der Waals surface area contributed by atoms with Gasteiger partial charge >= 0.3 is 0 Å². The molecule has 0 aromatic carbocycles. The monoisotopic (exact) mass is 534 g/mol. The van der Waals surface area contributed by atoms with Crippen LogP contribution in [0.1, 0.15) is 35.8 Å². The van der Waals surface area contributed by atoms with Gasteiger partial charge in [0, 0.05) is 31.7 Å². The van der Waals surface area contributed by atoms with Crippen molar-refractivity contribution in [1.82, 2.24) is 25.4 Å². The summed E-state index contributed by atoms with van der Waals surface area (Å²) in [5, 5.41) is 17.1. The van der Waals surface area contributed by atoms with Crippen molar-refractivity contribution in [1.29, 1.82) is 0 Å². The number of hydrogen-bond acceptors (Lipinski definition) is 6. The molecule has 0 amide bonds. The fourth-order valence-electron chi connectivity index (χ4n) is 2.87. The minimum atomic E-state index is 0. The van der Waals surface area contributed by atoms with Crippen molar-refractivity contribution < 1.29 is 9.47 Å². The number of nitrogens with one attached hydrogen (secondary N) is 2. The summed E-state index contributed by atoms with van der Waals surface area (Å²) in [6, 6.07) is 4.17. The lowest BCUT2D eigenvalue weighted by Crippen LogP contribution is -2.37. The Kier molecular flexibility index (Phi) is 10.9. The number of aliphatic imine (C=N–C) groups is 1. The van der Waals surface area contributed by atoms with Gasteiger partial charge in [0.1, 0.15) is 12.4 Å². The maximum atomic E-state index is 5.72. The molecule has 0 radical (unpaired) electrons. The molecule has 29 heavy (non-hydrogen) atoms. The minimum absolute atomic E-state index is 0. The van der Waals surface area contributed by atoms with E-state index in [1.807, 2.05) is 18.5 Å². The second-order valence-electron chi connectivity index (χ2n) is 6.81. The lowest BCUT2D eigenvalue weighted by Gasteiger charge is -2.13. The van der Waals surface area contributed by atoms with E-state index in [-0.39, 0.29) is 30.1 Å². The molecule has 1 aliphatic rings. The van der Waals surface area contributed by atoms with E-state index in [1.54, 1.807) is 11.3 Å². The van der Waals surface area contributed by atoms with Crippen LogP contribution in [0.2, 0.25) is 0 Å². The summed E-state index contributed by atoms with van der Waals surface area (Å²) in [7, 11) is 1.96. The fraction of sp³-hybridized carbons (Fsp3) is 0.632. The Labute approximate surface area is 193 Å². The first-order valence-electron chi connectivity index (χ1n) is 9.81. The summed E-state index contributed by atoms with van der Waals surface area (Å²) >= 11 is 1.73. The Hall–Kier alpha value is -1.24. The SMILES string of the molecule is Cc1nnc(CN=C(NCCCOCC2CCCO2)NCc2cccs2)n1C.I. The molecule has 162 valence electrons. The molecular weight excluding hydrogens is 503 g/mol. The van der Waals surface area contributed by atoms with Crippen molar-refractivity contribution in [3.8, 4) is 0 Å². The van der Waals surface area contributed by atoms with Crippen molar-refractivity contribution in [3.63, 3.8) is 0 Å². The summed E-state index contributed by atoms with van der Waals surface area (Å²) in [5.41, 5.74) is 0. The quantitative estimate of drug-likeness (QED) is 0.211. The Balaban J connectivity index is 0.00000300. The average Bonchev–Trinajstić information content (AvgIpc) is 3.45. The van der Waals surface area contributed by atoms with Gasteiger partial charge in [0.25, 0.3) is 0 Å². The van der Waals surface area contributed by atoms with Crippen molar-refractivity contribution >= 4 is 41.3 Å². The highest BCUT2D eigenvalue weighted by Gasteiger charge is 2.14. The first-order valence-corrected chi connectivity index (χ1v) is 10.7. The standard InChI is InChI=1S/C19H30N6O2S.HI/c1-15-23-24-18(25(15)2)13-22-19(21-12-17-7-4-11-28-17)20-8-5-9-26-14-16-6-3-10-27-16;/h4,7,11,16H,3,5-6,8-10,12-14H2,1-2H3,(H2,20,21,22);1H. The molecular formula is C19H31IN6O2S. The first-order chi connectivity index (χ1) is 13.7. The molecule has 2 N–H and O–H groups in total. The number of hydrogen-bond donors (Lipinski definition) is 2. The van der Waals surface area contributed by atoms with Crippen LogP contribution in [0.15, 0.2) is 22.5 Å². The van der Waals surface area contributed by atoms with E-state index in [1.165, 1.54) is 4.88 Å². The molecule has 3 rings (SSSR count). The van der Waals surface area contributed by atoms with Gasteiger partial charge in [0.2, 0.25) is 0 Å². The predicted octanol–water partition coefficient (Wildman–Crippen LogP) is 2.62. The molecule has 3 heterocycles. The van der Waals surface area contributed by atoms with E-state index in [0.29, 0.717) is 19.8 Å². The third-order valence-corrected chi connectivity index (χ3v) is 5.53. The van der Waals surface area contributed by atoms with Gasteiger partial charge in [-0.2, -0.15) is 0 Å². The van der Waals surface area contributed by atoms with Crippen LogP contribution < -0.4 is 10.6 Å². The van der Waals surface area contributed by atoms with E-state index in [9.17, 15) is 0 Å². The highest BCUT2D eigenvalue weighted by molar-refractivity contribution is 14.0. The number of nitrogens with zero attached hydrogens (tertiary/aromatic N) is 4. The first kappa shape index (κ1) is 24.0. The topological polar surface area (TPSA) is 85.6 Å². The lowest BCUT2D eigenvalue weighted by atomic mass is 10.2. The van der Waals surface area contributed by atoms with Crippen LogP contribution in [0.25, 0.3) is 0 Å². The van der Waals surface area contributed by atoms with E-state index >= 15 is 0 Å². The molecule has 1 atom stereocenters. The van der Waals surface area contributed by atoms with Gasteiger partial charge in [-0.1, -0.05) is 6.07 Å². The zero-order chi connectivity index (χ0) is 19.6. The highest BCUT2D eigenvalue weighted by Crippen LogP contribution is 2.11. The molecule has 1 aliphatic heterocycles. The van der Waals surface area contributed by atoms with Gasteiger partial charge < -0.3 is 24.7 Å². The number of thiophene rings is 1. The van der Waals surface area contributed by atoms with Gasteiger partial charge in [0.05, 0.1) is 19.3 Å². The molecule has 8 nitrogen and oxygen atoms in total. The van der Waals surface area contributed by atoms with Crippen LogP contribution in [0, 0.1) is 6.92 Å². The Bertz CT molecular complexity index is 731. The summed E-state index contributed by atoms with van der Waals surface area (Å²) in [5.74, 6) is 2.50. The molecule has 1 saturated heterocycles. The molecule has 10 heteroatoms. The molecule has 1 fully saturated rings. The maximum Gasteiger partial charge on any atom is 0.192 e. The van der Waals surface area contributed by atoms with Crippen LogP contribution in [0.4, 0.5) is 0 Å². The number of halogens is 1. The zero-order valence-electron chi connectivity index (χ0n) is 17.1. The maximum absolute atomic E-state index is 5.72.